The molecule has 0 amide bonds. The summed E-state index contributed by atoms with van der Waals surface area (Å²) in [7, 11) is 0. The Morgan fingerprint density at radius 3 is 2.29 bits per heavy atom. The van der Waals surface area contributed by atoms with Crippen LogP contribution in [-0.4, -0.2) is 16.2 Å². The maximum atomic E-state index is 13.4. The first kappa shape index (κ1) is 13.2. The van der Waals surface area contributed by atoms with Gasteiger partial charge in [-0.1, -0.05) is 6.07 Å². The average Bonchev–Trinajstić information content (AvgIpc) is 2.19. The fraction of sp³-hybridized carbons (Fsp3) is 0.222. The quantitative estimate of drug-likeness (QED) is 0.551. The number of rotatable bonds is 2. The lowest BCUT2D eigenvalue weighted by Crippen LogP contribution is -2.16. The minimum Gasteiger partial charge on any atom is -0.479 e. The molecule has 1 unspecified atom stereocenters. The Kier molecular flexibility index (Phi) is 3.28. The zero-order valence-electron chi connectivity index (χ0n) is 8.12. The number of aliphatic hydroxyl groups is 1. The summed E-state index contributed by atoms with van der Waals surface area (Å²) >= 11 is 0. The summed E-state index contributed by atoms with van der Waals surface area (Å²) in [6, 6.07) is 0.952. The van der Waals surface area contributed by atoms with E-state index in [0.717, 1.165) is 0 Å². The summed E-state index contributed by atoms with van der Waals surface area (Å²) in [4.78, 5) is 10.4. The van der Waals surface area contributed by atoms with Crippen LogP contribution < -0.4 is 5.73 Å². The Morgan fingerprint density at radius 2 is 1.88 bits per heavy atom. The molecule has 1 rings (SSSR count). The van der Waals surface area contributed by atoms with Gasteiger partial charge in [-0.2, -0.15) is 13.2 Å². The molecular formula is C9H7F4NO3. The van der Waals surface area contributed by atoms with Crippen molar-refractivity contribution < 1.29 is 32.6 Å². The first-order valence-electron chi connectivity index (χ1n) is 4.22. The van der Waals surface area contributed by atoms with Gasteiger partial charge in [0.25, 0.3) is 0 Å². The van der Waals surface area contributed by atoms with Crippen molar-refractivity contribution in [2.75, 3.05) is 5.73 Å². The van der Waals surface area contributed by atoms with Gasteiger partial charge in [0.15, 0.2) is 11.9 Å². The first-order chi connectivity index (χ1) is 7.66. The van der Waals surface area contributed by atoms with E-state index in [4.69, 9.17) is 15.9 Å². The Hall–Kier alpha value is -1.83. The molecule has 0 heterocycles. The second-order valence-electron chi connectivity index (χ2n) is 3.17. The van der Waals surface area contributed by atoms with E-state index in [1.807, 2.05) is 0 Å². The van der Waals surface area contributed by atoms with Crippen LogP contribution in [0.4, 0.5) is 23.2 Å². The highest BCUT2D eigenvalue weighted by atomic mass is 19.4. The van der Waals surface area contributed by atoms with Crippen molar-refractivity contribution in [2.45, 2.75) is 12.3 Å². The molecule has 4 nitrogen and oxygen atoms in total. The highest BCUT2D eigenvalue weighted by Crippen LogP contribution is 2.36. The number of hydrogen-bond acceptors (Lipinski definition) is 3. The zero-order valence-corrected chi connectivity index (χ0v) is 8.12. The lowest BCUT2D eigenvalue weighted by Gasteiger charge is -2.14. The Bertz CT molecular complexity index is 458. The van der Waals surface area contributed by atoms with Crippen molar-refractivity contribution in [3.05, 3.63) is 29.1 Å². The van der Waals surface area contributed by atoms with Gasteiger partial charge in [-0.05, 0) is 6.07 Å². The van der Waals surface area contributed by atoms with Gasteiger partial charge in [-0.3, -0.25) is 0 Å². The summed E-state index contributed by atoms with van der Waals surface area (Å²) < 4.78 is 50.2. The normalized spacial score (nSPS) is 13.5. The van der Waals surface area contributed by atoms with E-state index in [9.17, 15) is 22.4 Å². The number of carboxylic acid groups (broad SMARTS) is 1. The van der Waals surface area contributed by atoms with Gasteiger partial charge in [0.1, 0.15) is 0 Å². The third-order valence-electron chi connectivity index (χ3n) is 2.04. The van der Waals surface area contributed by atoms with E-state index in [1.54, 1.807) is 0 Å². The number of nitrogens with two attached hydrogens (primary N) is 1. The Labute approximate surface area is 92.3 Å². The van der Waals surface area contributed by atoms with Crippen molar-refractivity contribution in [3.63, 3.8) is 0 Å². The summed E-state index contributed by atoms with van der Waals surface area (Å²) in [5.41, 5.74) is 1.43. The van der Waals surface area contributed by atoms with Gasteiger partial charge in [-0.25, -0.2) is 9.18 Å². The summed E-state index contributed by atoms with van der Waals surface area (Å²) in [5, 5.41) is 17.4. The van der Waals surface area contributed by atoms with Crippen LogP contribution in [0.15, 0.2) is 12.1 Å². The molecule has 1 aromatic rings. The molecule has 0 spiro atoms. The highest BCUT2D eigenvalue weighted by molar-refractivity contribution is 5.75. The number of alkyl halides is 3. The predicted octanol–water partition coefficient (Wildman–Crippen LogP) is 1.54. The van der Waals surface area contributed by atoms with E-state index < -0.39 is 40.9 Å². The Morgan fingerprint density at radius 1 is 1.35 bits per heavy atom. The number of hydrogen-bond donors (Lipinski definition) is 3. The number of aliphatic hydroxyl groups excluding tert-OH is 1. The van der Waals surface area contributed by atoms with Gasteiger partial charge in [0.2, 0.25) is 0 Å². The van der Waals surface area contributed by atoms with Gasteiger partial charge < -0.3 is 15.9 Å². The molecule has 17 heavy (non-hydrogen) atoms. The summed E-state index contributed by atoms with van der Waals surface area (Å²) in [5.74, 6) is -3.38. The van der Waals surface area contributed by atoms with Crippen LogP contribution >= 0.6 is 0 Å². The maximum Gasteiger partial charge on any atom is 0.418 e. The minimum atomic E-state index is -4.85. The average molecular weight is 253 g/mol. The van der Waals surface area contributed by atoms with Gasteiger partial charge in [-0.15, -0.1) is 0 Å². The summed E-state index contributed by atoms with van der Waals surface area (Å²) in [6.45, 7) is 0. The molecular weight excluding hydrogens is 246 g/mol. The molecule has 8 heteroatoms. The minimum absolute atomic E-state index is 0.417. The number of benzene rings is 1. The molecule has 1 atom stereocenters. The zero-order chi connectivity index (χ0) is 13.4. The van der Waals surface area contributed by atoms with Gasteiger partial charge in [0.05, 0.1) is 11.3 Å². The molecule has 0 radical (unpaired) electrons. The molecule has 0 aliphatic carbocycles. The van der Waals surface area contributed by atoms with Crippen LogP contribution in [0.1, 0.15) is 17.2 Å². The van der Waals surface area contributed by atoms with Crippen molar-refractivity contribution >= 4 is 11.7 Å². The largest absolute Gasteiger partial charge is 0.479 e. The Balaban J connectivity index is 3.34. The standard InChI is InChI=1S/C9H7F4NO3/c10-5-3(7(15)8(16)17)1-2-4(6(5)14)9(11,12)13/h1-2,7,15H,14H2,(H,16,17). The molecule has 0 bridgehead atoms. The van der Waals surface area contributed by atoms with Crippen LogP contribution in [0.2, 0.25) is 0 Å². The molecule has 1 aromatic carbocycles. The molecule has 0 aliphatic heterocycles. The molecule has 94 valence electrons. The van der Waals surface area contributed by atoms with E-state index in [-0.39, 0.29) is 0 Å². The fourth-order valence-electron chi connectivity index (χ4n) is 1.20. The number of anilines is 1. The summed E-state index contributed by atoms with van der Waals surface area (Å²) in [6.07, 6.45) is -7.11. The smallest absolute Gasteiger partial charge is 0.418 e. The number of carboxylic acids is 1. The molecule has 4 N–H and O–H groups in total. The molecule has 0 saturated carbocycles. The fourth-order valence-corrected chi connectivity index (χ4v) is 1.20. The maximum absolute atomic E-state index is 13.4. The highest BCUT2D eigenvalue weighted by Gasteiger charge is 2.35. The number of aliphatic carboxylic acids is 1. The molecule has 0 fully saturated rings. The van der Waals surface area contributed by atoms with Crippen molar-refractivity contribution in [2.24, 2.45) is 0 Å². The van der Waals surface area contributed by atoms with Crippen LogP contribution in [0.25, 0.3) is 0 Å². The number of nitrogen functional groups attached to an aromatic ring is 1. The van der Waals surface area contributed by atoms with Crippen LogP contribution in [-0.2, 0) is 11.0 Å². The molecule has 0 saturated heterocycles. The van der Waals surface area contributed by atoms with Crippen LogP contribution in [0, 0.1) is 5.82 Å². The van der Waals surface area contributed by atoms with E-state index >= 15 is 0 Å². The van der Waals surface area contributed by atoms with Crippen LogP contribution in [0.5, 0.6) is 0 Å². The van der Waals surface area contributed by atoms with E-state index in [1.165, 1.54) is 0 Å². The van der Waals surface area contributed by atoms with Crippen molar-refractivity contribution in [1.82, 2.24) is 0 Å². The second-order valence-corrected chi connectivity index (χ2v) is 3.17. The topological polar surface area (TPSA) is 83.5 Å². The van der Waals surface area contributed by atoms with E-state index in [0.29, 0.717) is 12.1 Å². The SMILES string of the molecule is Nc1c(C(F)(F)F)ccc(C(O)C(=O)O)c1F. The van der Waals surface area contributed by atoms with Crippen molar-refractivity contribution in [1.29, 1.82) is 0 Å². The first-order valence-corrected chi connectivity index (χ1v) is 4.22. The monoisotopic (exact) mass is 253 g/mol. The van der Waals surface area contributed by atoms with Gasteiger partial charge >= 0.3 is 12.1 Å². The predicted molar refractivity (Wildman–Crippen MR) is 48.4 cm³/mol. The number of halogens is 4. The lowest BCUT2D eigenvalue weighted by atomic mass is 10.0. The van der Waals surface area contributed by atoms with E-state index in [2.05, 4.69) is 0 Å². The van der Waals surface area contributed by atoms with Gasteiger partial charge in [0, 0.05) is 5.56 Å². The van der Waals surface area contributed by atoms with Crippen molar-refractivity contribution in [3.8, 4) is 0 Å². The molecule has 0 aromatic heterocycles. The van der Waals surface area contributed by atoms with Crippen LogP contribution in [0.3, 0.4) is 0 Å². The third-order valence-corrected chi connectivity index (χ3v) is 2.04. The third kappa shape index (κ3) is 2.47. The molecule has 0 aliphatic rings. The lowest BCUT2D eigenvalue weighted by molar-refractivity contribution is -0.147. The number of carbonyl (C=O) groups is 1. The second kappa shape index (κ2) is 4.21.